The van der Waals surface area contributed by atoms with Gasteiger partial charge in [-0.05, 0) is 13.0 Å². The molecule has 1 unspecified atom stereocenters. The molecule has 1 atom stereocenters. The zero-order valence-corrected chi connectivity index (χ0v) is 5.52. The van der Waals surface area contributed by atoms with Gasteiger partial charge in [0.15, 0.2) is 0 Å². The molecule has 0 aromatic carbocycles. The largest absolute Gasteiger partial charge is 0.785 e. The van der Waals surface area contributed by atoms with Crippen LogP contribution in [0.3, 0.4) is 0 Å². The van der Waals surface area contributed by atoms with Gasteiger partial charge in [0.1, 0.15) is 0 Å². The summed E-state index contributed by atoms with van der Waals surface area (Å²) in [7, 11) is 0. The fraction of sp³-hybridized carbons (Fsp3) is 1.00. The smallest absolute Gasteiger partial charge is 0.224 e. The number of hydroxylamine groups is 2. The molecule has 0 N–H and O–H groups in total. The highest BCUT2D eigenvalue weighted by Crippen LogP contribution is 2.10. The van der Waals surface area contributed by atoms with Gasteiger partial charge in [-0.2, -0.15) is 0 Å². The number of piperidine rings is 1. The first-order chi connectivity index (χ1) is 4.70. The van der Waals surface area contributed by atoms with Gasteiger partial charge in [0.2, 0.25) is 6.04 Å². The third-order valence-electron chi connectivity index (χ3n) is 1.66. The lowest BCUT2D eigenvalue weighted by molar-refractivity contribution is -0.525. The van der Waals surface area contributed by atoms with Crippen molar-refractivity contribution in [3.8, 4) is 0 Å². The first-order valence-electron chi connectivity index (χ1n) is 3.25. The predicted molar refractivity (Wildman–Crippen MR) is 35.0 cm³/mol. The summed E-state index contributed by atoms with van der Waals surface area (Å²) in [6.07, 6.45) is 1.20. The molecule has 0 aromatic heterocycles. The van der Waals surface area contributed by atoms with Crippen LogP contribution in [0.15, 0.2) is 0 Å². The Morgan fingerprint density at radius 1 is 1.60 bits per heavy atom. The average molecular weight is 145 g/mol. The Labute approximate surface area is 58.4 Å². The van der Waals surface area contributed by atoms with E-state index in [0.717, 1.165) is 5.06 Å². The third-order valence-corrected chi connectivity index (χ3v) is 1.66. The summed E-state index contributed by atoms with van der Waals surface area (Å²) in [6, 6.07) is -0.633. The Kier molecular flexibility index (Phi) is 2.18. The molecule has 5 nitrogen and oxygen atoms in total. The van der Waals surface area contributed by atoms with E-state index in [9.17, 15) is 15.3 Å². The normalized spacial score (nSPS) is 28.3. The lowest BCUT2D eigenvalue weighted by Gasteiger charge is -2.32. The van der Waals surface area contributed by atoms with E-state index in [1.807, 2.05) is 0 Å². The maximum Gasteiger partial charge on any atom is 0.224 e. The van der Waals surface area contributed by atoms with Crippen LogP contribution in [-0.4, -0.2) is 29.1 Å². The average Bonchev–Trinajstić information content (AvgIpc) is 1.88. The van der Waals surface area contributed by atoms with Gasteiger partial charge in [0.05, 0.1) is 6.54 Å². The van der Waals surface area contributed by atoms with E-state index in [1.165, 1.54) is 0 Å². The highest BCUT2D eigenvalue weighted by molar-refractivity contribution is 4.71. The van der Waals surface area contributed by atoms with Crippen molar-refractivity contribution in [1.82, 2.24) is 5.06 Å². The number of rotatable bonds is 1. The van der Waals surface area contributed by atoms with Crippen LogP contribution in [0.1, 0.15) is 12.8 Å². The molecule has 0 bridgehead atoms. The first-order valence-corrected chi connectivity index (χ1v) is 3.25. The standard InChI is InChI=1S/C5H9N2O3/c8-6-3-1-2-5(4-6)7(9)10/h5H,1-4H2/q-1. The molecule has 0 aliphatic carbocycles. The van der Waals surface area contributed by atoms with Crippen molar-refractivity contribution in [2.24, 2.45) is 0 Å². The van der Waals surface area contributed by atoms with Gasteiger partial charge >= 0.3 is 0 Å². The highest BCUT2D eigenvalue weighted by Gasteiger charge is 2.23. The molecule has 1 aliphatic rings. The van der Waals surface area contributed by atoms with Crippen molar-refractivity contribution < 1.29 is 4.92 Å². The Bertz CT molecular complexity index is 139. The van der Waals surface area contributed by atoms with E-state index in [1.54, 1.807) is 0 Å². The molecule has 1 aliphatic heterocycles. The molecule has 1 heterocycles. The summed E-state index contributed by atoms with van der Waals surface area (Å²) in [5.74, 6) is 0. The molecule has 1 rings (SSSR count). The molecule has 1 fully saturated rings. The van der Waals surface area contributed by atoms with E-state index in [0.29, 0.717) is 19.4 Å². The highest BCUT2D eigenvalue weighted by atomic mass is 16.6. The van der Waals surface area contributed by atoms with E-state index in [-0.39, 0.29) is 11.5 Å². The first kappa shape index (κ1) is 7.43. The zero-order valence-electron chi connectivity index (χ0n) is 5.52. The number of hydrogen-bond donors (Lipinski definition) is 0. The molecule has 0 aromatic rings. The van der Waals surface area contributed by atoms with E-state index < -0.39 is 6.04 Å². The summed E-state index contributed by atoms with van der Waals surface area (Å²) in [5, 5.41) is 21.5. The van der Waals surface area contributed by atoms with Crippen LogP contribution >= 0.6 is 0 Å². The van der Waals surface area contributed by atoms with Gasteiger partial charge in [-0.15, -0.1) is 0 Å². The Hall–Kier alpha value is -0.680. The molecular weight excluding hydrogens is 136 g/mol. The van der Waals surface area contributed by atoms with Crippen LogP contribution in [0.5, 0.6) is 0 Å². The van der Waals surface area contributed by atoms with Crippen molar-refractivity contribution in [2.45, 2.75) is 18.9 Å². The molecular formula is C5H9N2O3-. The van der Waals surface area contributed by atoms with Gasteiger partial charge in [0, 0.05) is 11.3 Å². The van der Waals surface area contributed by atoms with Crippen LogP contribution in [0.4, 0.5) is 0 Å². The SMILES string of the molecule is O=[N+]([O-])C1CCCN([O-])C1. The van der Waals surface area contributed by atoms with Crippen LogP contribution in [0.2, 0.25) is 0 Å². The summed E-state index contributed by atoms with van der Waals surface area (Å²) in [5.41, 5.74) is 0. The van der Waals surface area contributed by atoms with Crippen molar-refractivity contribution in [3.05, 3.63) is 15.3 Å². The Morgan fingerprint density at radius 3 is 2.70 bits per heavy atom. The number of hydrogen-bond acceptors (Lipinski definition) is 4. The molecule has 1 saturated heterocycles. The van der Waals surface area contributed by atoms with Gasteiger partial charge in [-0.25, -0.2) is 0 Å². The Balaban J connectivity index is 2.39. The topological polar surface area (TPSA) is 69.4 Å². The van der Waals surface area contributed by atoms with Crippen molar-refractivity contribution in [2.75, 3.05) is 13.1 Å². The maximum absolute atomic E-state index is 10.6. The number of nitrogens with zero attached hydrogens (tertiary/aromatic N) is 2. The molecule has 0 spiro atoms. The second-order valence-corrected chi connectivity index (χ2v) is 2.47. The molecule has 0 saturated carbocycles. The van der Waals surface area contributed by atoms with Gasteiger partial charge < -0.3 is 10.3 Å². The molecule has 0 radical (unpaired) electrons. The van der Waals surface area contributed by atoms with Crippen molar-refractivity contribution in [3.63, 3.8) is 0 Å². The van der Waals surface area contributed by atoms with Gasteiger partial charge in [0.25, 0.3) is 0 Å². The quantitative estimate of drug-likeness (QED) is 0.391. The summed E-state index contributed by atoms with van der Waals surface area (Å²) in [6.45, 7) is 0.511. The fourth-order valence-corrected chi connectivity index (χ4v) is 1.09. The second-order valence-electron chi connectivity index (χ2n) is 2.47. The number of nitro groups is 1. The minimum absolute atomic E-state index is 0.0625. The summed E-state index contributed by atoms with van der Waals surface area (Å²) >= 11 is 0. The lowest BCUT2D eigenvalue weighted by atomic mass is 10.1. The predicted octanol–water partition coefficient (Wildman–Crippen LogP) is 0.225. The van der Waals surface area contributed by atoms with E-state index >= 15 is 0 Å². The third kappa shape index (κ3) is 1.65. The molecule has 10 heavy (non-hydrogen) atoms. The van der Waals surface area contributed by atoms with Crippen LogP contribution in [-0.2, 0) is 0 Å². The summed E-state index contributed by atoms with van der Waals surface area (Å²) in [4.78, 5) is 9.77. The van der Waals surface area contributed by atoms with Gasteiger partial charge in [-0.3, -0.25) is 10.1 Å². The van der Waals surface area contributed by atoms with Gasteiger partial charge in [-0.1, -0.05) is 0 Å². The monoisotopic (exact) mass is 145 g/mol. The summed E-state index contributed by atoms with van der Waals surface area (Å²) < 4.78 is 0. The zero-order chi connectivity index (χ0) is 7.56. The van der Waals surface area contributed by atoms with E-state index in [2.05, 4.69) is 0 Å². The Morgan fingerprint density at radius 2 is 2.30 bits per heavy atom. The minimum Gasteiger partial charge on any atom is -0.785 e. The van der Waals surface area contributed by atoms with Crippen molar-refractivity contribution in [1.29, 1.82) is 0 Å². The van der Waals surface area contributed by atoms with Crippen LogP contribution < -0.4 is 0 Å². The van der Waals surface area contributed by atoms with E-state index in [4.69, 9.17) is 0 Å². The minimum atomic E-state index is -0.633. The fourth-order valence-electron chi connectivity index (χ4n) is 1.09. The lowest BCUT2D eigenvalue weighted by Crippen LogP contribution is -2.38. The van der Waals surface area contributed by atoms with Crippen LogP contribution in [0, 0.1) is 15.3 Å². The molecule has 58 valence electrons. The van der Waals surface area contributed by atoms with Crippen LogP contribution in [0.25, 0.3) is 0 Å². The van der Waals surface area contributed by atoms with Crippen molar-refractivity contribution >= 4 is 0 Å². The second kappa shape index (κ2) is 2.94. The molecule has 0 amide bonds. The maximum atomic E-state index is 10.6. The molecule has 5 heteroatoms.